The molecule has 1 aromatic carbocycles. The molecule has 3 rings (SSSR count). The molecule has 2 N–H and O–H groups in total. The lowest BCUT2D eigenvalue weighted by Crippen LogP contribution is -2.23. The summed E-state index contributed by atoms with van der Waals surface area (Å²) < 4.78 is 5.42. The Kier molecular flexibility index (Phi) is 3.43. The van der Waals surface area contributed by atoms with Crippen LogP contribution in [0.3, 0.4) is 0 Å². The number of H-pyrrole nitrogens is 1. The van der Waals surface area contributed by atoms with Crippen molar-refractivity contribution in [3.8, 4) is 0 Å². The summed E-state index contributed by atoms with van der Waals surface area (Å²) in [6.45, 7) is 3.96. The maximum atomic E-state index is 12.1. The van der Waals surface area contributed by atoms with Crippen LogP contribution in [-0.4, -0.2) is 15.9 Å². The van der Waals surface area contributed by atoms with E-state index >= 15 is 0 Å². The molecular weight excluding hydrogens is 290 g/mol. The molecule has 0 saturated heterocycles. The predicted octanol–water partition coefficient (Wildman–Crippen LogP) is 3.36. The van der Waals surface area contributed by atoms with Crippen molar-refractivity contribution in [1.29, 1.82) is 0 Å². The molecule has 0 aliphatic rings. The Hall–Kier alpha value is -2.27. The van der Waals surface area contributed by atoms with Crippen molar-refractivity contribution < 1.29 is 9.21 Å². The second-order valence-electron chi connectivity index (χ2n) is 4.85. The van der Waals surface area contributed by atoms with E-state index in [1.165, 1.54) is 0 Å². The zero-order valence-corrected chi connectivity index (χ0v) is 12.4. The van der Waals surface area contributed by atoms with Crippen LogP contribution in [0.4, 0.5) is 0 Å². The fourth-order valence-electron chi connectivity index (χ4n) is 2.09. The van der Waals surface area contributed by atoms with Gasteiger partial charge in [-0.25, -0.2) is 4.98 Å². The molecule has 108 valence electrons. The van der Waals surface area contributed by atoms with Crippen molar-refractivity contribution in [2.45, 2.75) is 20.4 Å². The number of carbonyl (C=O) groups excluding carboxylic acids is 1. The first-order valence-electron chi connectivity index (χ1n) is 6.52. The number of oxazole rings is 1. The monoisotopic (exact) mass is 303 g/mol. The molecule has 0 atom stereocenters. The van der Waals surface area contributed by atoms with Gasteiger partial charge in [-0.05, 0) is 32.0 Å². The molecule has 0 bridgehead atoms. The van der Waals surface area contributed by atoms with Crippen molar-refractivity contribution in [3.63, 3.8) is 0 Å². The Morgan fingerprint density at radius 1 is 1.38 bits per heavy atom. The maximum absolute atomic E-state index is 12.1. The van der Waals surface area contributed by atoms with Gasteiger partial charge in [0.25, 0.3) is 5.91 Å². The zero-order chi connectivity index (χ0) is 15.0. The van der Waals surface area contributed by atoms with Gasteiger partial charge < -0.3 is 14.7 Å². The molecule has 0 fully saturated rings. The van der Waals surface area contributed by atoms with Gasteiger partial charge in [0, 0.05) is 15.9 Å². The fourth-order valence-corrected chi connectivity index (χ4v) is 2.26. The van der Waals surface area contributed by atoms with Gasteiger partial charge >= 0.3 is 0 Å². The molecular formula is C15H14ClN3O2. The van der Waals surface area contributed by atoms with Gasteiger partial charge in [-0.1, -0.05) is 17.7 Å². The number of nitrogens with one attached hydrogen (secondary N) is 2. The maximum Gasteiger partial charge on any atom is 0.268 e. The van der Waals surface area contributed by atoms with E-state index in [2.05, 4.69) is 15.3 Å². The molecule has 6 heteroatoms. The second-order valence-corrected chi connectivity index (χ2v) is 5.28. The largest absolute Gasteiger partial charge is 0.444 e. The summed E-state index contributed by atoms with van der Waals surface area (Å²) in [6.07, 6.45) is 0. The van der Waals surface area contributed by atoms with Crippen molar-refractivity contribution in [1.82, 2.24) is 15.3 Å². The minimum Gasteiger partial charge on any atom is -0.444 e. The van der Waals surface area contributed by atoms with Crippen LogP contribution in [0, 0.1) is 13.8 Å². The molecule has 0 aliphatic carbocycles. The van der Waals surface area contributed by atoms with E-state index < -0.39 is 0 Å². The van der Waals surface area contributed by atoms with Crippen molar-refractivity contribution in [3.05, 3.63) is 52.3 Å². The van der Waals surface area contributed by atoms with Gasteiger partial charge in [0.2, 0.25) is 5.89 Å². The third-order valence-electron chi connectivity index (χ3n) is 3.30. The Balaban J connectivity index is 1.74. The molecule has 1 amide bonds. The first-order valence-corrected chi connectivity index (χ1v) is 6.90. The minimum absolute atomic E-state index is 0.212. The number of halogens is 1. The Bertz CT molecular complexity index is 800. The number of aromatic amines is 1. The summed E-state index contributed by atoms with van der Waals surface area (Å²) in [6, 6.07) is 7.23. The van der Waals surface area contributed by atoms with Gasteiger partial charge in [-0.2, -0.15) is 0 Å². The fraction of sp³-hybridized carbons (Fsp3) is 0.200. The van der Waals surface area contributed by atoms with Gasteiger partial charge in [0.1, 0.15) is 11.5 Å². The summed E-state index contributed by atoms with van der Waals surface area (Å²) in [5.74, 6) is 1.05. The number of benzene rings is 1. The molecule has 5 nitrogen and oxygen atoms in total. The first kappa shape index (κ1) is 13.7. The molecule has 0 radical (unpaired) electrons. The number of amides is 1. The second kappa shape index (κ2) is 5.26. The van der Waals surface area contributed by atoms with E-state index in [9.17, 15) is 4.79 Å². The van der Waals surface area contributed by atoms with Gasteiger partial charge in [0.05, 0.1) is 12.2 Å². The molecule has 2 aromatic heterocycles. The number of nitrogens with zero attached hydrogens (tertiary/aromatic N) is 1. The van der Waals surface area contributed by atoms with Crippen LogP contribution >= 0.6 is 11.6 Å². The minimum atomic E-state index is -0.212. The van der Waals surface area contributed by atoms with Crippen LogP contribution in [0.15, 0.2) is 28.7 Å². The van der Waals surface area contributed by atoms with Crippen LogP contribution in [0.2, 0.25) is 5.02 Å². The van der Waals surface area contributed by atoms with Gasteiger partial charge in [-0.3, -0.25) is 4.79 Å². The summed E-state index contributed by atoms with van der Waals surface area (Å²) in [7, 11) is 0. The van der Waals surface area contributed by atoms with E-state index in [-0.39, 0.29) is 12.5 Å². The van der Waals surface area contributed by atoms with Crippen molar-refractivity contribution in [2.75, 3.05) is 0 Å². The quantitative estimate of drug-likeness (QED) is 0.779. The molecule has 0 saturated carbocycles. The summed E-state index contributed by atoms with van der Waals surface area (Å²) >= 11 is 5.92. The van der Waals surface area contributed by atoms with Crippen LogP contribution in [0.25, 0.3) is 10.9 Å². The third-order valence-corrected chi connectivity index (χ3v) is 3.54. The van der Waals surface area contributed by atoms with E-state index in [4.69, 9.17) is 16.0 Å². The molecule has 2 heterocycles. The number of hydrogen-bond acceptors (Lipinski definition) is 3. The number of fused-ring (bicyclic) bond motifs is 1. The summed E-state index contributed by atoms with van der Waals surface area (Å²) in [5.41, 5.74) is 2.14. The Labute approximate surface area is 126 Å². The van der Waals surface area contributed by atoms with Crippen LogP contribution in [0.5, 0.6) is 0 Å². The van der Waals surface area contributed by atoms with E-state index in [0.717, 1.165) is 22.4 Å². The molecule has 3 aromatic rings. The number of hydrogen-bond donors (Lipinski definition) is 2. The topological polar surface area (TPSA) is 70.9 Å². The Morgan fingerprint density at radius 3 is 2.90 bits per heavy atom. The lowest BCUT2D eigenvalue weighted by atomic mass is 10.2. The highest BCUT2D eigenvalue weighted by Crippen LogP contribution is 2.20. The lowest BCUT2D eigenvalue weighted by molar-refractivity contribution is 0.0943. The van der Waals surface area contributed by atoms with Gasteiger partial charge in [-0.15, -0.1) is 0 Å². The molecule has 0 spiro atoms. The lowest BCUT2D eigenvalue weighted by Gasteiger charge is -1.99. The number of carbonyl (C=O) groups is 1. The average molecular weight is 304 g/mol. The van der Waals surface area contributed by atoms with E-state index in [0.29, 0.717) is 16.6 Å². The van der Waals surface area contributed by atoms with Crippen LogP contribution < -0.4 is 5.32 Å². The van der Waals surface area contributed by atoms with Gasteiger partial charge in [0.15, 0.2) is 0 Å². The first-order chi connectivity index (χ1) is 10.0. The molecule has 21 heavy (non-hydrogen) atoms. The standard InChI is InChI=1S/C15H14ClN3O2/c1-8-9(2)21-14(18-8)7-17-15(20)13-5-10-3-4-11(16)6-12(10)19-13/h3-6,19H,7H2,1-2H3,(H,17,20). The number of aryl methyl sites for hydroxylation is 2. The average Bonchev–Trinajstić information content (AvgIpc) is 3.00. The van der Waals surface area contributed by atoms with Crippen molar-refractivity contribution in [2.24, 2.45) is 0 Å². The SMILES string of the molecule is Cc1nc(CNC(=O)c2cc3ccc(Cl)cc3[nH]2)oc1C. The molecule has 0 unspecified atom stereocenters. The van der Waals surface area contributed by atoms with Crippen LogP contribution in [-0.2, 0) is 6.54 Å². The van der Waals surface area contributed by atoms with Crippen molar-refractivity contribution >= 4 is 28.4 Å². The Morgan fingerprint density at radius 2 is 2.19 bits per heavy atom. The normalized spacial score (nSPS) is 11.0. The smallest absolute Gasteiger partial charge is 0.268 e. The highest BCUT2D eigenvalue weighted by Gasteiger charge is 2.11. The third kappa shape index (κ3) is 2.78. The summed E-state index contributed by atoms with van der Waals surface area (Å²) in [5, 5.41) is 4.34. The summed E-state index contributed by atoms with van der Waals surface area (Å²) in [4.78, 5) is 19.4. The predicted molar refractivity (Wildman–Crippen MR) is 80.5 cm³/mol. The highest BCUT2D eigenvalue weighted by molar-refractivity contribution is 6.31. The molecule has 0 aliphatic heterocycles. The zero-order valence-electron chi connectivity index (χ0n) is 11.7. The number of rotatable bonds is 3. The van der Waals surface area contributed by atoms with E-state index in [1.807, 2.05) is 19.9 Å². The van der Waals surface area contributed by atoms with E-state index in [1.54, 1.807) is 18.2 Å². The van der Waals surface area contributed by atoms with Crippen LogP contribution in [0.1, 0.15) is 27.8 Å². The highest BCUT2D eigenvalue weighted by atomic mass is 35.5. The number of aromatic nitrogens is 2.